The molecule has 1 N–H and O–H groups in total. The van der Waals surface area contributed by atoms with Crippen LogP contribution in [-0.4, -0.2) is 36.1 Å². The molecule has 4 rings (SSSR count). The summed E-state index contributed by atoms with van der Waals surface area (Å²) in [5.41, 5.74) is 0.384. The van der Waals surface area contributed by atoms with Gasteiger partial charge in [0.2, 0.25) is 0 Å². The molecule has 0 unspecified atom stereocenters. The zero-order valence-corrected chi connectivity index (χ0v) is 15.4. The van der Waals surface area contributed by atoms with Gasteiger partial charge >= 0.3 is 5.63 Å². The summed E-state index contributed by atoms with van der Waals surface area (Å²) in [6.45, 7) is 0.776. The zero-order chi connectivity index (χ0) is 18.1. The van der Waals surface area contributed by atoms with Gasteiger partial charge < -0.3 is 14.6 Å². The number of aromatic nitrogens is 1. The molecule has 1 aromatic carbocycles. The van der Waals surface area contributed by atoms with Crippen molar-refractivity contribution in [3.05, 3.63) is 46.9 Å². The van der Waals surface area contributed by atoms with Crippen molar-refractivity contribution in [2.24, 2.45) is 0 Å². The SMILES string of the molecule is CN(C)C1(CNc2nccc3c2c(=O)oc2ccccc23)CCCCC1. The lowest BCUT2D eigenvalue weighted by Gasteiger charge is -2.43. The van der Waals surface area contributed by atoms with E-state index in [1.165, 1.54) is 19.3 Å². The molecule has 1 aliphatic rings. The van der Waals surface area contributed by atoms with Crippen LogP contribution in [0.25, 0.3) is 21.7 Å². The summed E-state index contributed by atoms with van der Waals surface area (Å²) >= 11 is 0. The number of pyridine rings is 1. The first-order chi connectivity index (χ1) is 12.6. The molecule has 0 bridgehead atoms. The highest BCUT2D eigenvalue weighted by atomic mass is 16.4. The maximum Gasteiger partial charge on any atom is 0.347 e. The molecule has 5 nitrogen and oxygen atoms in total. The Morgan fingerprint density at radius 3 is 2.65 bits per heavy atom. The standard InChI is InChI=1S/C21H25N3O2/c1-24(2)21(11-6-3-7-12-21)14-23-19-18-16(10-13-22-19)15-8-4-5-9-17(15)26-20(18)25/h4-5,8-10,13H,3,6-7,11-12,14H2,1-2H3,(H,22,23). The number of rotatable bonds is 4. The number of anilines is 1. The van der Waals surface area contributed by atoms with Gasteiger partial charge in [-0.25, -0.2) is 9.78 Å². The van der Waals surface area contributed by atoms with Gasteiger partial charge in [-0.2, -0.15) is 0 Å². The second-order valence-electron chi connectivity index (χ2n) is 7.50. The van der Waals surface area contributed by atoms with E-state index in [1.54, 1.807) is 6.20 Å². The van der Waals surface area contributed by atoms with Gasteiger partial charge in [0.1, 0.15) is 16.8 Å². The monoisotopic (exact) mass is 351 g/mol. The van der Waals surface area contributed by atoms with Crippen molar-refractivity contribution in [3.8, 4) is 0 Å². The zero-order valence-electron chi connectivity index (χ0n) is 15.4. The molecule has 26 heavy (non-hydrogen) atoms. The van der Waals surface area contributed by atoms with E-state index in [4.69, 9.17) is 4.42 Å². The molecule has 0 atom stereocenters. The predicted molar refractivity (Wildman–Crippen MR) is 106 cm³/mol. The summed E-state index contributed by atoms with van der Waals surface area (Å²) in [6, 6.07) is 9.53. The Kier molecular flexibility index (Phi) is 4.41. The molecule has 136 valence electrons. The minimum absolute atomic E-state index is 0.110. The largest absolute Gasteiger partial charge is 0.422 e. The van der Waals surface area contributed by atoms with Gasteiger partial charge in [-0.1, -0.05) is 37.5 Å². The molecule has 2 heterocycles. The second-order valence-corrected chi connectivity index (χ2v) is 7.50. The van der Waals surface area contributed by atoms with Crippen molar-refractivity contribution in [1.29, 1.82) is 0 Å². The molecule has 0 saturated heterocycles. The van der Waals surface area contributed by atoms with E-state index < -0.39 is 0 Å². The summed E-state index contributed by atoms with van der Waals surface area (Å²) in [6.07, 6.45) is 7.88. The normalized spacial score (nSPS) is 17.0. The Labute approximate surface area is 153 Å². The quantitative estimate of drug-likeness (QED) is 0.568. The van der Waals surface area contributed by atoms with Crippen molar-refractivity contribution in [1.82, 2.24) is 9.88 Å². The highest BCUT2D eigenvalue weighted by molar-refractivity contribution is 6.07. The summed E-state index contributed by atoms with van der Waals surface area (Å²) < 4.78 is 5.53. The topological polar surface area (TPSA) is 58.4 Å². The lowest BCUT2D eigenvalue weighted by Crippen LogP contribution is -2.51. The van der Waals surface area contributed by atoms with Gasteiger partial charge in [0.05, 0.1) is 0 Å². The van der Waals surface area contributed by atoms with Gasteiger partial charge in [0, 0.05) is 29.1 Å². The van der Waals surface area contributed by atoms with Crippen LogP contribution < -0.4 is 10.9 Å². The molecule has 0 amide bonds. The molecule has 1 fully saturated rings. The van der Waals surface area contributed by atoms with Crippen molar-refractivity contribution in [2.75, 3.05) is 26.0 Å². The Morgan fingerprint density at radius 1 is 1.12 bits per heavy atom. The molecular weight excluding hydrogens is 326 g/mol. The van der Waals surface area contributed by atoms with Crippen LogP contribution in [0.4, 0.5) is 5.82 Å². The third-order valence-corrected chi connectivity index (χ3v) is 5.85. The van der Waals surface area contributed by atoms with Crippen molar-refractivity contribution in [2.45, 2.75) is 37.6 Å². The molecule has 0 radical (unpaired) electrons. The second kappa shape index (κ2) is 6.72. The number of fused-ring (bicyclic) bond motifs is 3. The number of hydrogen-bond donors (Lipinski definition) is 1. The first kappa shape index (κ1) is 17.0. The summed E-state index contributed by atoms with van der Waals surface area (Å²) in [7, 11) is 4.29. The highest BCUT2D eigenvalue weighted by Crippen LogP contribution is 2.33. The van der Waals surface area contributed by atoms with E-state index in [-0.39, 0.29) is 11.2 Å². The predicted octanol–water partition coefficient (Wildman–Crippen LogP) is 4.02. The van der Waals surface area contributed by atoms with Crippen LogP contribution >= 0.6 is 0 Å². The highest BCUT2D eigenvalue weighted by Gasteiger charge is 2.34. The van der Waals surface area contributed by atoms with Crippen molar-refractivity contribution < 1.29 is 4.42 Å². The van der Waals surface area contributed by atoms with Gasteiger partial charge in [0.15, 0.2) is 0 Å². The lowest BCUT2D eigenvalue weighted by molar-refractivity contribution is 0.113. The molecule has 1 aliphatic carbocycles. The Balaban J connectivity index is 1.75. The summed E-state index contributed by atoms with van der Waals surface area (Å²) in [4.78, 5) is 19.4. The van der Waals surface area contributed by atoms with E-state index in [9.17, 15) is 4.79 Å². The van der Waals surface area contributed by atoms with E-state index in [2.05, 4.69) is 29.3 Å². The smallest absolute Gasteiger partial charge is 0.347 e. The van der Waals surface area contributed by atoms with E-state index in [1.807, 2.05) is 30.3 Å². The summed E-state index contributed by atoms with van der Waals surface area (Å²) in [5, 5.41) is 5.83. The fourth-order valence-corrected chi connectivity index (χ4v) is 4.20. The van der Waals surface area contributed by atoms with Gasteiger partial charge in [-0.3, -0.25) is 0 Å². The fourth-order valence-electron chi connectivity index (χ4n) is 4.20. The van der Waals surface area contributed by atoms with Crippen LogP contribution in [0.1, 0.15) is 32.1 Å². The number of nitrogens with zero attached hydrogens (tertiary/aromatic N) is 2. The minimum Gasteiger partial charge on any atom is -0.422 e. The van der Waals surface area contributed by atoms with Crippen LogP contribution in [0.2, 0.25) is 0 Å². The Bertz CT molecular complexity index is 987. The number of para-hydroxylation sites is 1. The number of likely N-dealkylation sites (N-methyl/N-ethyl adjacent to an activating group) is 1. The van der Waals surface area contributed by atoms with Crippen LogP contribution in [0.15, 0.2) is 45.7 Å². The van der Waals surface area contributed by atoms with Crippen LogP contribution in [0.5, 0.6) is 0 Å². The minimum atomic E-state index is -0.336. The van der Waals surface area contributed by atoms with Crippen LogP contribution in [0, 0.1) is 0 Å². The lowest BCUT2D eigenvalue weighted by atomic mass is 9.80. The first-order valence-corrected chi connectivity index (χ1v) is 9.33. The van der Waals surface area contributed by atoms with Crippen LogP contribution in [0.3, 0.4) is 0 Å². The average molecular weight is 351 g/mol. The molecule has 1 saturated carbocycles. The molecule has 3 aromatic rings. The average Bonchev–Trinajstić information content (AvgIpc) is 2.67. The maximum atomic E-state index is 12.6. The van der Waals surface area contributed by atoms with E-state index >= 15 is 0 Å². The maximum absolute atomic E-state index is 12.6. The van der Waals surface area contributed by atoms with Crippen LogP contribution in [-0.2, 0) is 0 Å². The van der Waals surface area contributed by atoms with Crippen molar-refractivity contribution in [3.63, 3.8) is 0 Å². The molecule has 5 heteroatoms. The molecule has 0 spiro atoms. The first-order valence-electron chi connectivity index (χ1n) is 9.33. The van der Waals surface area contributed by atoms with E-state index in [0.29, 0.717) is 16.8 Å². The summed E-state index contributed by atoms with van der Waals surface area (Å²) in [5.74, 6) is 0.619. The fraction of sp³-hybridized carbons (Fsp3) is 0.429. The van der Waals surface area contributed by atoms with Gasteiger partial charge in [-0.15, -0.1) is 0 Å². The van der Waals surface area contributed by atoms with Crippen molar-refractivity contribution >= 4 is 27.6 Å². The van der Waals surface area contributed by atoms with Gasteiger partial charge in [-0.05, 0) is 39.1 Å². The molecule has 2 aromatic heterocycles. The molecule has 0 aliphatic heterocycles. The third-order valence-electron chi connectivity index (χ3n) is 5.85. The van der Waals surface area contributed by atoms with E-state index in [0.717, 1.165) is 30.2 Å². The number of nitrogens with one attached hydrogen (secondary N) is 1. The number of hydrogen-bond acceptors (Lipinski definition) is 5. The molecular formula is C21H25N3O2. The Hall–Kier alpha value is -2.40. The third kappa shape index (κ3) is 2.86. The Morgan fingerprint density at radius 2 is 1.88 bits per heavy atom. The van der Waals surface area contributed by atoms with Gasteiger partial charge in [0.25, 0.3) is 0 Å². The number of benzene rings is 1.